The maximum absolute atomic E-state index is 13.0. The van der Waals surface area contributed by atoms with Gasteiger partial charge in [0.15, 0.2) is 5.76 Å². The number of fused-ring (bicyclic) bond motifs is 3. The van der Waals surface area contributed by atoms with Crippen LogP contribution in [0.2, 0.25) is 0 Å². The molecule has 144 valence electrons. The second-order valence-electron chi connectivity index (χ2n) is 6.63. The number of benzene rings is 1. The molecule has 2 aromatic heterocycles. The molecule has 0 spiro atoms. The Balaban J connectivity index is 2.02. The van der Waals surface area contributed by atoms with Crippen molar-refractivity contribution in [2.45, 2.75) is 38.5 Å². The van der Waals surface area contributed by atoms with Crippen molar-refractivity contribution < 1.29 is 13.9 Å². The lowest BCUT2D eigenvalue weighted by Gasteiger charge is -2.29. The maximum Gasteiger partial charge on any atom is 0.325 e. The molecule has 8 heteroatoms. The van der Waals surface area contributed by atoms with Gasteiger partial charge in [0.2, 0.25) is 11.1 Å². The van der Waals surface area contributed by atoms with E-state index in [0.29, 0.717) is 27.9 Å². The van der Waals surface area contributed by atoms with Gasteiger partial charge in [0.25, 0.3) is 0 Å². The maximum atomic E-state index is 13.0. The highest BCUT2D eigenvalue weighted by molar-refractivity contribution is 7.99. The van der Waals surface area contributed by atoms with E-state index in [1.165, 1.54) is 18.7 Å². The van der Waals surface area contributed by atoms with Crippen LogP contribution in [0, 0.1) is 6.92 Å². The molecule has 1 amide bonds. The SMILES string of the molecule is CCCSc1n[n+]2c(c(=O)[nH]1)-c1ccccc1N(C(C)=O)[C@H]2c1ccc(C)o1. The molecule has 3 aromatic rings. The Hall–Kier alpha value is -2.87. The fraction of sp³-hybridized carbons (Fsp3) is 0.300. The summed E-state index contributed by atoms with van der Waals surface area (Å²) >= 11 is 1.48. The molecule has 0 radical (unpaired) electrons. The number of hydrogen-bond acceptors (Lipinski definition) is 5. The molecular formula is C20H21N4O3S+. The average Bonchev–Trinajstić information content (AvgIpc) is 3.10. The highest BCUT2D eigenvalue weighted by Gasteiger charge is 2.46. The van der Waals surface area contributed by atoms with E-state index in [1.54, 1.807) is 9.58 Å². The van der Waals surface area contributed by atoms with Crippen molar-refractivity contribution in [2.75, 3.05) is 10.7 Å². The molecule has 0 aliphatic carbocycles. The van der Waals surface area contributed by atoms with E-state index in [2.05, 4.69) is 17.0 Å². The Morgan fingerprint density at radius 3 is 2.79 bits per heavy atom. The summed E-state index contributed by atoms with van der Waals surface area (Å²) in [4.78, 5) is 30.2. The summed E-state index contributed by atoms with van der Waals surface area (Å²) < 4.78 is 7.47. The Morgan fingerprint density at radius 1 is 1.32 bits per heavy atom. The van der Waals surface area contributed by atoms with Gasteiger partial charge in [-0.3, -0.25) is 14.6 Å². The van der Waals surface area contributed by atoms with Gasteiger partial charge < -0.3 is 4.42 Å². The van der Waals surface area contributed by atoms with Crippen LogP contribution < -0.4 is 15.1 Å². The molecule has 28 heavy (non-hydrogen) atoms. The van der Waals surface area contributed by atoms with Gasteiger partial charge in [-0.05, 0) is 42.3 Å². The molecule has 0 fully saturated rings. The number of H-pyrrole nitrogens is 1. The van der Waals surface area contributed by atoms with Crippen molar-refractivity contribution in [2.24, 2.45) is 0 Å². The zero-order chi connectivity index (χ0) is 19.8. The molecule has 4 rings (SSSR count). The lowest BCUT2D eigenvalue weighted by molar-refractivity contribution is -0.764. The van der Waals surface area contributed by atoms with Crippen LogP contribution >= 0.6 is 11.8 Å². The van der Waals surface area contributed by atoms with Crippen LogP contribution in [0.4, 0.5) is 5.69 Å². The van der Waals surface area contributed by atoms with Gasteiger partial charge in [-0.2, -0.15) is 0 Å². The number of carbonyl (C=O) groups excluding carboxylic acids is 1. The second kappa shape index (κ2) is 7.27. The number of furan rings is 1. The van der Waals surface area contributed by atoms with Crippen LogP contribution in [0.5, 0.6) is 0 Å². The number of rotatable bonds is 4. The van der Waals surface area contributed by atoms with Gasteiger partial charge in [-0.15, -0.1) is 0 Å². The number of hydrogen-bond donors (Lipinski definition) is 1. The van der Waals surface area contributed by atoms with Gasteiger partial charge in [-0.1, -0.05) is 30.8 Å². The molecule has 3 heterocycles. The van der Waals surface area contributed by atoms with Crippen molar-refractivity contribution in [3.8, 4) is 11.3 Å². The van der Waals surface area contributed by atoms with Crippen LogP contribution in [-0.4, -0.2) is 21.7 Å². The van der Waals surface area contributed by atoms with Crippen LogP contribution in [0.3, 0.4) is 0 Å². The van der Waals surface area contributed by atoms with Crippen molar-refractivity contribution in [1.82, 2.24) is 10.1 Å². The number of aromatic amines is 1. The molecule has 0 unspecified atom stereocenters. The number of anilines is 1. The normalized spacial score (nSPS) is 15.2. The first-order valence-corrected chi connectivity index (χ1v) is 10.1. The van der Waals surface area contributed by atoms with E-state index in [4.69, 9.17) is 4.42 Å². The fourth-order valence-corrected chi connectivity index (χ4v) is 4.13. The monoisotopic (exact) mass is 397 g/mol. The minimum Gasteiger partial charge on any atom is -0.457 e. The second-order valence-corrected chi connectivity index (χ2v) is 7.71. The van der Waals surface area contributed by atoms with Crippen LogP contribution in [0.25, 0.3) is 11.3 Å². The summed E-state index contributed by atoms with van der Waals surface area (Å²) in [6, 6.07) is 11.0. The largest absolute Gasteiger partial charge is 0.457 e. The lowest BCUT2D eigenvalue weighted by atomic mass is 10.0. The molecule has 1 atom stereocenters. The summed E-state index contributed by atoms with van der Waals surface area (Å²) in [6.07, 6.45) is 0.290. The van der Waals surface area contributed by atoms with Crippen molar-refractivity contribution in [3.63, 3.8) is 0 Å². The zero-order valence-corrected chi connectivity index (χ0v) is 16.7. The van der Waals surface area contributed by atoms with Crippen molar-refractivity contribution in [1.29, 1.82) is 0 Å². The predicted octanol–water partition coefficient (Wildman–Crippen LogP) is 3.04. The Labute approximate surface area is 166 Å². The van der Waals surface area contributed by atoms with E-state index in [9.17, 15) is 9.59 Å². The molecule has 1 aliphatic heterocycles. The summed E-state index contributed by atoms with van der Waals surface area (Å²) in [6.45, 7) is 5.42. The highest BCUT2D eigenvalue weighted by atomic mass is 32.2. The minimum absolute atomic E-state index is 0.158. The number of carbonyl (C=O) groups is 1. The third kappa shape index (κ3) is 3.03. The molecule has 0 bridgehead atoms. The highest BCUT2D eigenvalue weighted by Crippen LogP contribution is 2.37. The van der Waals surface area contributed by atoms with Crippen LogP contribution in [0.1, 0.15) is 38.0 Å². The summed E-state index contributed by atoms with van der Waals surface area (Å²) in [5.41, 5.74) is 1.50. The summed E-state index contributed by atoms with van der Waals surface area (Å²) in [5.74, 6) is 1.96. The molecule has 0 saturated carbocycles. The minimum atomic E-state index is -0.667. The van der Waals surface area contributed by atoms with E-state index < -0.39 is 6.17 Å². The number of nitrogens with one attached hydrogen (secondary N) is 1. The first-order valence-electron chi connectivity index (χ1n) is 9.15. The number of para-hydroxylation sites is 1. The quantitative estimate of drug-likeness (QED) is 0.540. The van der Waals surface area contributed by atoms with Crippen LogP contribution in [-0.2, 0) is 4.79 Å². The van der Waals surface area contributed by atoms with Crippen LogP contribution in [0.15, 0.2) is 50.8 Å². The van der Waals surface area contributed by atoms with Crippen molar-refractivity contribution in [3.05, 3.63) is 58.3 Å². The first-order chi connectivity index (χ1) is 13.5. The molecule has 1 N–H and O–H groups in total. The lowest BCUT2D eigenvalue weighted by Crippen LogP contribution is -2.60. The number of thioether (sulfide) groups is 1. The van der Waals surface area contributed by atoms with Gasteiger partial charge in [0.05, 0.1) is 11.3 Å². The summed E-state index contributed by atoms with van der Waals surface area (Å²) in [5, 5.41) is 5.20. The van der Waals surface area contributed by atoms with Gasteiger partial charge >= 0.3 is 17.4 Å². The number of amides is 1. The third-order valence-electron chi connectivity index (χ3n) is 4.56. The molecule has 1 aliphatic rings. The topological polar surface area (TPSA) is 83.1 Å². The standard InChI is InChI=1S/C20H20N4O3S/c1-4-11-28-20-21-18(26)17-14-7-5-6-8-15(14)23(13(3)25)19(24(17)22-20)16-10-9-12(2)27-16/h5-10,19H,4,11H2,1-3H3/p+1/t19-/m1/s1. The van der Waals surface area contributed by atoms with Gasteiger partial charge in [-0.25, -0.2) is 4.90 Å². The van der Waals surface area contributed by atoms with E-state index >= 15 is 0 Å². The number of nitrogens with zero attached hydrogens (tertiary/aromatic N) is 3. The van der Waals surface area contributed by atoms with E-state index in [-0.39, 0.29) is 11.5 Å². The van der Waals surface area contributed by atoms with Gasteiger partial charge in [0.1, 0.15) is 5.76 Å². The number of aromatic nitrogens is 3. The predicted molar refractivity (Wildman–Crippen MR) is 106 cm³/mol. The van der Waals surface area contributed by atoms with Gasteiger partial charge in [0, 0.05) is 17.8 Å². The number of aryl methyl sites for hydroxylation is 1. The average molecular weight is 397 g/mol. The smallest absolute Gasteiger partial charge is 0.325 e. The third-order valence-corrected chi connectivity index (χ3v) is 5.63. The Morgan fingerprint density at radius 2 is 2.11 bits per heavy atom. The molecule has 1 aromatic carbocycles. The molecular weight excluding hydrogens is 376 g/mol. The molecule has 7 nitrogen and oxygen atoms in total. The Bertz CT molecular complexity index is 1100. The van der Waals surface area contributed by atoms with Crippen molar-refractivity contribution >= 4 is 23.4 Å². The van der Waals surface area contributed by atoms with E-state index in [0.717, 1.165) is 17.9 Å². The summed E-state index contributed by atoms with van der Waals surface area (Å²) in [7, 11) is 0. The first kappa shape index (κ1) is 18.5. The Kier molecular flexibility index (Phi) is 4.80. The molecule has 0 saturated heterocycles. The zero-order valence-electron chi connectivity index (χ0n) is 15.9. The van der Waals surface area contributed by atoms with E-state index in [1.807, 2.05) is 43.3 Å². The fourth-order valence-electron chi connectivity index (χ4n) is 3.43.